The molecule has 0 aliphatic carbocycles. The van der Waals surface area contributed by atoms with Crippen molar-refractivity contribution in [2.24, 2.45) is 0 Å². The number of nitrogens with one attached hydrogen (secondary N) is 7. The lowest BCUT2D eigenvalue weighted by atomic mass is 9.97. The Balaban J connectivity index is 1.17. The van der Waals surface area contributed by atoms with Gasteiger partial charge in [0, 0.05) is 22.7 Å². The fraction of sp³-hybridized carbons (Fsp3) is 0.0943. The fourth-order valence-corrected chi connectivity index (χ4v) is 7.81. The largest absolute Gasteiger partial charge is 0.362 e. The van der Waals surface area contributed by atoms with Crippen molar-refractivity contribution in [2.45, 2.75) is 30.8 Å². The molecule has 0 aromatic heterocycles. The van der Waals surface area contributed by atoms with Crippen LogP contribution in [-0.4, -0.2) is 0 Å². The quantitative estimate of drug-likeness (QED) is 0.0553. The zero-order chi connectivity index (χ0) is 40.4. The van der Waals surface area contributed by atoms with Crippen LogP contribution < -0.4 is 37.2 Å². The molecule has 0 bridgehead atoms. The van der Waals surface area contributed by atoms with Crippen LogP contribution in [0.15, 0.2) is 224 Å². The van der Waals surface area contributed by atoms with Crippen molar-refractivity contribution >= 4 is 22.7 Å². The van der Waals surface area contributed by atoms with E-state index in [1.165, 1.54) is 11.1 Å². The van der Waals surface area contributed by atoms with Crippen LogP contribution in [0.4, 0.5) is 22.7 Å². The summed E-state index contributed by atoms with van der Waals surface area (Å²) in [7, 11) is 0. The van der Waals surface area contributed by atoms with Crippen molar-refractivity contribution < 1.29 is 0 Å². The molecule has 3 unspecified atom stereocenters. The first kappa shape index (κ1) is 38.4. The van der Waals surface area contributed by atoms with Gasteiger partial charge in [0.1, 0.15) is 12.3 Å². The third kappa shape index (κ3) is 9.58. The van der Waals surface area contributed by atoms with Crippen molar-refractivity contribution in [1.29, 1.82) is 0 Å². The highest BCUT2D eigenvalue weighted by atomic mass is 15.4. The monoisotopic (exact) mass is 783 g/mol. The number of hydrogen-bond donors (Lipinski definition) is 7. The Kier molecular flexibility index (Phi) is 11.9. The lowest BCUT2D eigenvalue weighted by molar-refractivity contribution is 0.203. The van der Waals surface area contributed by atoms with E-state index in [1.807, 2.05) is 24.3 Å². The van der Waals surface area contributed by atoms with Crippen molar-refractivity contribution in [3.8, 4) is 11.1 Å². The normalized spacial score (nSPS) is 16.3. The standard InChI is InChI=1S/C53H49N7/c1-7-20-38(21-8-1)40-24-19-25-41(34-40)50-58-49(39-22-9-2-10-23-39)59-53(60-50)44-36-42(51(54-45-26-11-3-12-27-45)55-46-28-13-4-14-29-46)35-43(37-44)52(56-47-30-15-5-16-31-47)57-48-32-17-6-18-33-48/h1-37,49-60H. The second-order valence-electron chi connectivity index (χ2n) is 15.0. The lowest BCUT2D eigenvalue weighted by Gasteiger charge is -2.40. The Labute approximate surface area is 352 Å². The van der Waals surface area contributed by atoms with Crippen LogP contribution in [0.25, 0.3) is 11.1 Å². The summed E-state index contributed by atoms with van der Waals surface area (Å²) >= 11 is 0. The Morgan fingerprint density at radius 2 is 0.617 bits per heavy atom. The number of rotatable bonds is 14. The predicted octanol–water partition coefficient (Wildman–Crippen LogP) is 12.0. The maximum absolute atomic E-state index is 3.99. The number of anilines is 4. The molecule has 0 spiro atoms. The average Bonchev–Trinajstić information content (AvgIpc) is 3.33. The molecule has 0 amide bonds. The second kappa shape index (κ2) is 18.6. The van der Waals surface area contributed by atoms with E-state index in [2.05, 4.69) is 237 Å². The lowest BCUT2D eigenvalue weighted by Crippen LogP contribution is -2.54. The molecule has 1 aliphatic heterocycles. The first-order valence-corrected chi connectivity index (χ1v) is 20.6. The SMILES string of the molecule is c1ccc(NC(Nc2ccccc2)c2cc(C(Nc3ccccc3)Nc3ccccc3)cc(C3NC(c4ccccc4)NC(c4cccc(-c5ccccc5)c4)N3)c2)cc1. The van der Waals surface area contributed by atoms with Crippen LogP contribution in [0, 0.1) is 0 Å². The number of benzene rings is 8. The minimum Gasteiger partial charge on any atom is -0.362 e. The molecule has 7 nitrogen and oxygen atoms in total. The molecule has 7 heteroatoms. The molecular formula is C53H49N7. The predicted molar refractivity (Wildman–Crippen MR) is 248 cm³/mol. The van der Waals surface area contributed by atoms with Gasteiger partial charge in [0.2, 0.25) is 0 Å². The average molecular weight is 784 g/mol. The minimum atomic E-state index is -0.285. The van der Waals surface area contributed by atoms with E-state index in [4.69, 9.17) is 0 Å². The molecule has 0 radical (unpaired) electrons. The van der Waals surface area contributed by atoms with E-state index < -0.39 is 0 Å². The first-order chi connectivity index (χ1) is 29.7. The van der Waals surface area contributed by atoms with Crippen molar-refractivity contribution in [2.75, 3.05) is 21.3 Å². The van der Waals surface area contributed by atoms with Crippen molar-refractivity contribution in [3.63, 3.8) is 0 Å². The molecule has 9 rings (SSSR count). The zero-order valence-electron chi connectivity index (χ0n) is 33.2. The second-order valence-corrected chi connectivity index (χ2v) is 15.0. The summed E-state index contributed by atoms with van der Waals surface area (Å²) in [5, 5.41) is 27.2. The van der Waals surface area contributed by atoms with Gasteiger partial charge in [0.05, 0.1) is 18.5 Å². The van der Waals surface area contributed by atoms with E-state index in [0.29, 0.717) is 0 Å². The van der Waals surface area contributed by atoms with Gasteiger partial charge in [-0.3, -0.25) is 16.0 Å². The van der Waals surface area contributed by atoms with Gasteiger partial charge in [0.15, 0.2) is 0 Å². The molecule has 296 valence electrons. The Morgan fingerprint density at radius 3 is 1.05 bits per heavy atom. The molecule has 3 atom stereocenters. The summed E-state index contributed by atoms with van der Waals surface area (Å²) in [6.45, 7) is 0. The highest BCUT2D eigenvalue weighted by Crippen LogP contribution is 2.34. The zero-order valence-corrected chi connectivity index (χ0v) is 33.2. The third-order valence-electron chi connectivity index (χ3n) is 10.8. The van der Waals surface area contributed by atoms with Crippen LogP contribution >= 0.6 is 0 Å². The van der Waals surface area contributed by atoms with Gasteiger partial charge in [-0.1, -0.05) is 152 Å². The topological polar surface area (TPSA) is 84.2 Å². The summed E-state index contributed by atoms with van der Waals surface area (Å²) in [6, 6.07) is 78.5. The Hall–Kier alpha value is -7.16. The van der Waals surface area contributed by atoms with Crippen molar-refractivity contribution in [3.05, 3.63) is 252 Å². The summed E-state index contributed by atoms with van der Waals surface area (Å²) < 4.78 is 0. The summed E-state index contributed by atoms with van der Waals surface area (Å²) in [6.07, 6.45) is -1.13. The van der Waals surface area contributed by atoms with Crippen LogP contribution in [0.5, 0.6) is 0 Å². The molecule has 0 saturated carbocycles. The fourth-order valence-electron chi connectivity index (χ4n) is 7.81. The molecule has 8 aromatic rings. The maximum atomic E-state index is 3.99. The minimum absolute atomic E-state index is 0.142. The van der Waals surface area contributed by atoms with Gasteiger partial charge in [-0.15, -0.1) is 0 Å². The molecule has 60 heavy (non-hydrogen) atoms. The molecule has 8 aromatic carbocycles. The summed E-state index contributed by atoms with van der Waals surface area (Å²) in [5.74, 6) is 0. The number of para-hydroxylation sites is 4. The first-order valence-electron chi connectivity index (χ1n) is 20.6. The smallest absolute Gasteiger partial charge is 0.123 e. The van der Waals surface area contributed by atoms with Gasteiger partial charge in [-0.2, -0.15) is 0 Å². The van der Waals surface area contributed by atoms with Crippen LogP contribution in [0.1, 0.15) is 58.6 Å². The van der Waals surface area contributed by atoms with Gasteiger partial charge in [-0.25, -0.2) is 0 Å². The molecule has 1 heterocycles. The molecule has 7 N–H and O–H groups in total. The molecular weight excluding hydrogens is 735 g/mol. The van der Waals surface area contributed by atoms with Gasteiger partial charge >= 0.3 is 0 Å². The third-order valence-corrected chi connectivity index (χ3v) is 10.8. The van der Waals surface area contributed by atoms with Crippen molar-refractivity contribution in [1.82, 2.24) is 16.0 Å². The van der Waals surface area contributed by atoms with Crippen LogP contribution in [0.3, 0.4) is 0 Å². The Bertz CT molecular complexity index is 2350. The van der Waals surface area contributed by atoms with E-state index in [1.54, 1.807) is 0 Å². The van der Waals surface area contributed by atoms with Gasteiger partial charge in [-0.05, 0) is 112 Å². The Morgan fingerprint density at radius 1 is 0.283 bits per heavy atom. The maximum Gasteiger partial charge on any atom is 0.123 e. The molecule has 1 aliphatic rings. The highest BCUT2D eigenvalue weighted by Gasteiger charge is 2.31. The summed E-state index contributed by atoms with van der Waals surface area (Å²) in [5.41, 5.74) is 12.0. The molecule has 1 saturated heterocycles. The van der Waals surface area contributed by atoms with Gasteiger partial charge < -0.3 is 21.3 Å². The van der Waals surface area contributed by atoms with E-state index in [-0.39, 0.29) is 30.8 Å². The van der Waals surface area contributed by atoms with Crippen LogP contribution in [-0.2, 0) is 0 Å². The van der Waals surface area contributed by atoms with Crippen LogP contribution in [0.2, 0.25) is 0 Å². The number of hydrogen-bond acceptors (Lipinski definition) is 7. The van der Waals surface area contributed by atoms with E-state index in [9.17, 15) is 0 Å². The van der Waals surface area contributed by atoms with E-state index in [0.717, 1.165) is 50.6 Å². The van der Waals surface area contributed by atoms with E-state index >= 15 is 0 Å². The summed E-state index contributed by atoms with van der Waals surface area (Å²) in [4.78, 5) is 0. The van der Waals surface area contributed by atoms with Gasteiger partial charge in [0.25, 0.3) is 0 Å². The highest BCUT2D eigenvalue weighted by molar-refractivity contribution is 5.64. The molecule has 1 fully saturated rings.